The first kappa shape index (κ1) is 15.3. The van der Waals surface area contributed by atoms with Crippen LogP contribution in [0.2, 0.25) is 0 Å². The highest BCUT2D eigenvalue weighted by molar-refractivity contribution is 6.04. The molecule has 0 aromatic heterocycles. The van der Waals surface area contributed by atoms with Crippen LogP contribution in [0.25, 0.3) is 0 Å². The molecule has 0 saturated carbocycles. The molecule has 0 spiro atoms. The Labute approximate surface area is 136 Å². The standard InChI is InChI=1S/C19H20N2O2/c1-20(17-9-3-2-4-10-17)18(22)13-19(23)21-12-11-15-7-5-6-8-16(15)14-21/h2-10H,11-14H2,1H3. The summed E-state index contributed by atoms with van der Waals surface area (Å²) in [7, 11) is 1.70. The van der Waals surface area contributed by atoms with Crippen molar-refractivity contribution in [3.05, 3.63) is 65.7 Å². The van der Waals surface area contributed by atoms with Crippen molar-refractivity contribution in [1.82, 2.24) is 4.90 Å². The Morgan fingerprint density at radius 2 is 1.65 bits per heavy atom. The van der Waals surface area contributed by atoms with Gasteiger partial charge < -0.3 is 9.80 Å². The van der Waals surface area contributed by atoms with E-state index in [2.05, 4.69) is 6.07 Å². The summed E-state index contributed by atoms with van der Waals surface area (Å²) < 4.78 is 0. The average Bonchev–Trinajstić information content (AvgIpc) is 2.61. The second kappa shape index (κ2) is 6.65. The number of amides is 2. The normalized spacial score (nSPS) is 13.3. The maximum atomic E-state index is 12.4. The van der Waals surface area contributed by atoms with Gasteiger partial charge in [0.1, 0.15) is 6.42 Å². The number of rotatable bonds is 3. The molecule has 1 heterocycles. The quantitative estimate of drug-likeness (QED) is 0.818. The molecule has 0 N–H and O–H groups in total. The molecule has 4 nitrogen and oxygen atoms in total. The van der Waals surface area contributed by atoms with E-state index in [0.29, 0.717) is 13.1 Å². The number of benzene rings is 2. The summed E-state index contributed by atoms with van der Waals surface area (Å²) in [5.41, 5.74) is 3.27. The first-order valence-electron chi connectivity index (χ1n) is 7.81. The minimum atomic E-state index is -0.181. The molecule has 0 radical (unpaired) electrons. The predicted octanol–water partition coefficient (Wildman–Crippen LogP) is 2.62. The van der Waals surface area contributed by atoms with Crippen LogP contribution < -0.4 is 4.90 Å². The third-order valence-electron chi connectivity index (χ3n) is 4.30. The number of carbonyl (C=O) groups excluding carboxylic acids is 2. The number of carbonyl (C=O) groups is 2. The molecule has 118 valence electrons. The van der Waals surface area contributed by atoms with Gasteiger partial charge in [0, 0.05) is 25.8 Å². The Kier molecular flexibility index (Phi) is 4.42. The number of fused-ring (bicyclic) bond motifs is 1. The van der Waals surface area contributed by atoms with Crippen molar-refractivity contribution in [3.63, 3.8) is 0 Å². The third-order valence-corrected chi connectivity index (χ3v) is 4.30. The largest absolute Gasteiger partial charge is 0.338 e. The van der Waals surface area contributed by atoms with Crippen molar-refractivity contribution < 1.29 is 9.59 Å². The first-order chi connectivity index (χ1) is 11.1. The van der Waals surface area contributed by atoms with Gasteiger partial charge in [0.05, 0.1) is 0 Å². The maximum absolute atomic E-state index is 12.4. The van der Waals surface area contributed by atoms with E-state index in [9.17, 15) is 9.59 Å². The lowest BCUT2D eigenvalue weighted by Crippen LogP contribution is -2.39. The van der Waals surface area contributed by atoms with E-state index in [1.807, 2.05) is 48.5 Å². The minimum absolute atomic E-state index is 0.0897. The molecule has 3 rings (SSSR count). The first-order valence-corrected chi connectivity index (χ1v) is 7.81. The van der Waals surface area contributed by atoms with Gasteiger partial charge >= 0.3 is 0 Å². The molecular formula is C19H20N2O2. The van der Waals surface area contributed by atoms with Crippen molar-refractivity contribution in [2.45, 2.75) is 19.4 Å². The predicted molar refractivity (Wildman–Crippen MR) is 90.0 cm³/mol. The van der Waals surface area contributed by atoms with Crippen LogP contribution in [-0.2, 0) is 22.6 Å². The Morgan fingerprint density at radius 3 is 2.39 bits per heavy atom. The van der Waals surface area contributed by atoms with Crippen LogP contribution >= 0.6 is 0 Å². The van der Waals surface area contributed by atoms with Gasteiger partial charge in [-0.3, -0.25) is 9.59 Å². The Morgan fingerprint density at radius 1 is 1.00 bits per heavy atom. The van der Waals surface area contributed by atoms with Crippen LogP contribution in [0.5, 0.6) is 0 Å². The lowest BCUT2D eigenvalue weighted by molar-refractivity contribution is -0.135. The summed E-state index contributed by atoms with van der Waals surface area (Å²) in [6.07, 6.45) is 0.762. The van der Waals surface area contributed by atoms with E-state index in [1.54, 1.807) is 11.9 Å². The van der Waals surface area contributed by atoms with E-state index in [0.717, 1.165) is 12.1 Å². The van der Waals surface area contributed by atoms with Crippen molar-refractivity contribution >= 4 is 17.5 Å². The molecule has 0 bridgehead atoms. The maximum Gasteiger partial charge on any atom is 0.236 e. The molecule has 23 heavy (non-hydrogen) atoms. The molecule has 2 amide bonds. The Bertz CT molecular complexity index is 712. The van der Waals surface area contributed by atoms with Crippen LogP contribution in [0.1, 0.15) is 17.5 Å². The minimum Gasteiger partial charge on any atom is -0.338 e. The summed E-state index contributed by atoms with van der Waals surface area (Å²) in [5, 5.41) is 0. The molecule has 4 heteroatoms. The molecule has 2 aromatic carbocycles. The highest BCUT2D eigenvalue weighted by atomic mass is 16.2. The molecule has 1 aliphatic rings. The molecule has 0 saturated heterocycles. The lowest BCUT2D eigenvalue weighted by atomic mass is 10.00. The zero-order valence-corrected chi connectivity index (χ0v) is 13.2. The fourth-order valence-corrected chi connectivity index (χ4v) is 2.86. The second-order valence-electron chi connectivity index (χ2n) is 5.80. The third kappa shape index (κ3) is 3.42. The Balaban J connectivity index is 1.62. The summed E-state index contributed by atoms with van der Waals surface area (Å²) in [4.78, 5) is 28.1. The van der Waals surface area contributed by atoms with Crippen LogP contribution in [0.3, 0.4) is 0 Å². The van der Waals surface area contributed by atoms with Crippen molar-refractivity contribution in [1.29, 1.82) is 0 Å². The highest BCUT2D eigenvalue weighted by Gasteiger charge is 2.23. The van der Waals surface area contributed by atoms with E-state index in [-0.39, 0.29) is 18.2 Å². The molecule has 1 aliphatic heterocycles. The monoisotopic (exact) mass is 308 g/mol. The molecular weight excluding hydrogens is 288 g/mol. The number of hydrogen-bond acceptors (Lipinski definition) is 2. The number of nitrogens with zero attached hydrogens (tertiary/aromatic N) is 2. The van der Waals surface area contributed by atoms with Gasteiger partial charge in [0.25, 0.3) is 0 Å². The molecule has 0 atom stereocenters. The van der Waals surface area contributed by atoms with Crippen LogP contribution in [0.4, 0.5) is 5.69 Å². The topological polar surface area (TPSA) is 40.6 Å². The summed E-state index contributed by atoms with van der Waals surface area (Å²) in [5.74, 6) is -0.285. The average molecular weight is 308 g/mol. The van der Waals surface area contributed by atoms with E-state index < -0.39 is 0 Å². The fourth-order valence-electron chi connectivity index (χ4n) is 2.86. The van der Waals surface area contributed by atoms with Gasteiger partial charge in [-0.1, -0.05) is 42.5 Å². The summed E-state index contributed by atoms with van der Waals surface area (Å²) >= 11 is 0. The van der Waals surface area contributed by atoms with Crippen LogP contribution in [0.15, 0.2) is 54.6 Å². The van der Waals surface area contributed by atoms with Crippen LogP contribution in [-0.4, -0.2) is 30.3 Å². The Hall–Kier alpha value is -2.62. The van der Waals surface area contributed by atoms with E-state index in [1.165, 1.54) is 16.0 Å². The van der Waals surface area contributed by atoms with Gasteiger partial charge in [-0.05, 0) is 29.7 Å². The van der Waals surface area contributed by atoms with Gasteiger partial charge in [-0.15, -0.1) is 0 Å². The van der Waals surface area contributed by atoms with Gasteiger partial charge in [0.2, 0.25) is 11.8 Å². The van der Waals surface area contributed by atoms with E-state index >= 15 is 0 Å². The second-order valence-corrected chi connectivity index (χ2v) is 5.80. The molecule has 0 fully saturated rings. The highest BCUT2D eigenvalue weighted by Crippen LogP contribution is 2.19. The molecule has 0 aliphatic carbocycles. The summed E-state index contributed by atoms with van der Waals surface area (Å²) in [6.45, 7) is 1.27. The van der Waals surface area contributed by atoms with Crippen molar-refractivity contribution in [3.8, 4) is 0 Å². The van der Waals surface area contributed by atoms with Crippen LogP contribution in [0, 0.1) is 0 Å². The van der Waals surface area contributed by atoms with E-state index in [4.69, 9.17) is 0 Å². The lowest BCUT2D eigenvalue weighted by Gasteiger charge is -2.29. The summed E-state index contributed by atoms with van der Waals surface area (Å²) in [6, 6.07) is 17.5. The smallest absolute Gasteiger partial charge is 0.236 e. The van der Waals surface area contributed by atoms with Crippen molar-refractivity contribution in [2.24, 2.45) is 0 Å². The van der Waals surface area contributed by atoms with Gasteiger partial charge in [-0.2, -0.15) is 0 Å². The van der Waals surface area contributed by atoms with Crippen molar-refractivity contribution in [2.75, 3.05) is 18.5 Å². The van der Waals surface area contributed by atoms with Gasteiger partial charge in [-0.25, -0.2) is 0 Å². The SMILES string of the molecule is CN(C(=O)CC(=O)N1CCc2ccccc2C1)c1ccccc1. The number of para-hydroxylation sites is 1. The zero-order valence-electron chi connectivity index (χ0n) is 13.2. The molecule has 2 aromatic rings. The fraction of sp³-hybridized carbons (Fsp3) is 0.263. The number of anilines is 1. The number of hydrogen-bond donors (Lipinski definition) is 0. The molecule has 0 unspecified atom stereocenters. The van der Waals surface area contributed by atoms with Gasteiger partial charge in [0.15, 0.2) is 0 Å². The zero-order chi connectivity index (χ0) is 16.2.